The zero-order chi connectivity index (χ0) is 9.10. The Hall–Kier alpha value is -1.02. The maximum Gasteiger partial charge on any atom is 0.0376 e. The van der Waals surface area contributed by atoms with Crippen molar-refractivity contribution in [3.8, 4) is 0 Å². The molecule has 1 aromatic rings. The van der Waals surface area contributed by atoms with Gasteiger partial charge >= 0.3 is 0 Å². The highest BCUT2D eigenvalue weighted by atomic mass is 14.9. The second-order valence-electron chi connectivity index (χ2n) is 3.40. The van der Waals surface area contributed by atoms with Gasteiger partial charge in [0.2, 0.25) is 0 Å². The molecule has 0 atom stereocenters. The summed E-state index contributed by atoms with van der Waals surface area (Å²) in [6.45, 7) is 5.28. The van der Waals surface area contributed by atoms with Gasteiger partial charge in [-0.05, 0) is 30.2 Å². The molecule has 0 radical (unpaired) electrons. The van der Waals surface area contributed by atoms with Crippen molar-refractivity contribution in [1.29, 1.82) is 0 Å². The molecule has 70 valence electrons. The molecule has 1 heterocycles. The molecule has 2 nitrogen and oxygen atoms in total. The fraction of sp³-hybridized carbons (Fsp3) is 0.455. The highest BCUT2D eigenvalue weighted by molar-refractivity contribution is 5.58. The predicted molar refractivity (Wildman–Crippen MR) is 56.0 cm³/mol. The summed E-state index contributed by atoms with van der Waals surface area (Å²) in [5.41, 5.74) is 4.28. The van der Waals surface area contributed by atoms with E-state index in [1.165, 1.54) is 23.2 Å². The Balaban J connectivity index is 2.20. The van der Waals surface area contributed by atoms with Gasteiger partial charge in [-0.2, -0.15) is 0 Å². The van der Waals surface area contributed by atoms with Crippen molar-refractivity contribution in [1.82, 2.24) is 5.32 Å². The monoisotopic (exact) mass is 176 g/mol. The van der Waals surface area contributed by atoms with Crippen molar-refractivity contribution in [2.75, 3.05) is 18.4 Å². The maximum absolute atomic E-state index is 3.39. The van der Waals surface area contributed by atoms with Gasteiger partial charge in [-0.15, -0.1) is 0 Å². The van der Waals surface area contributed by atoms with E-state index in [2.05, 4.69) is 35.8 Å². The van der Waals surface area contributed by atoms with Crippen molar-refractivity contribution in [3.63, 3.8) is 0 Å². The fourth-order valence-corrected chi connectivity index (χ4v) is 1.84. The molecule has 0 amide bonds. The fourth-order valence-electron chi connectivity index (χ4n) is 1.84. The summed E-state index contributed by atoms with van der Waals surface area (Å²) in [4.78, 5) is 0. The third kappa shape index (κ3) is 1.68. The van der Waals surface area contributed by atoms with Gasteiger partial charge in [0, 0.05) is 18.8 Å². The first-order valence-corrected chi connectivity index (χ1v) is 4.97. The normalized spacial score (nSPS) is 13.9. The zero-order valence-electron chi connectivity index (χ0n) is 8.06. The average Bonchev–Trinajstić information content (AvgIpc) is 2.62. The van der Waals surface area contributed by atoms with Crippen LogP contribution in [0, 0.1) is 0 Å². The summed E-state index contributed by atoms with van der Waals surface area (Å²) in [6, 6.07) is 6.51. The van der Waals surface area contributed by atoms with Crippen LogP contribution in [-0.2, 0) is 13.0 Å². The van der Waals surface area contributed by atoms with Gasteiger partial charge in [-0.1, -0.05) is 19.1 Å². The van der Waals surface area contributed by atoms with Crippen LogP contribution in [0.15, 0.2) is 18.2 Å². The SMILES string of the molecule is CCNCc1cccc2c1CCN2. The van der Waals surface area contributed by atoms with Crippen LogP contribution in [0.1, 0.15) is 18.1 Å². The Morgan fingerprint density at radius 1 is 1.46 bits per heavy atom. The standard InChI is InChI=1S/C11H16N2/c1-2-12-8-9-4-3-5-11-10(9)6-7-13-11/h3-5,12-13H,2,6-8H2,1H3. The Morgan fingerprint density at radius 2 is 2.38 bits per heavy atom. The van der Waals surface area contributed by atoms with E-state index in [0.717, 1.165) is 19.6 Å². The van der Waals surface area contributed by atoms with Crippen LogP contribution in [0.4, 0.5) is 5.69 Å². The molecule has 2 rings (SSSR count). The zero-order valence-corrected chi connectivity index (χ0v) is 8.06. The van der Waals surface area contributed by atoms with Gasteiger partial charge in [0.15, 0.2) is 0 Å². The summed E-state index contributed by atoms with van der Waals surface area (Å²) in [7, 11) is 0. The third-order valence-corrected chi connectivity index (χ3v) is 2.53. The van der Waals surface area contributed by atoms with Crippen molar-refractivity contribution in [2.45, 2.75) is 19.9 Å². The number of nitrogens with one attached hydrogen (secondary N) is 2. The van der Waals surface area contributed by atoms with Crippen LogP contribution in [0.5, 0.6) is 0 Å². The van der Waals surface area contributed by atoms with Gasteiger partial charge in [-0.3, -0.25) is 0 Å². The summed E-state index contributed by atoms with van der Waals surface area (Å²) in [5, 5.41) is 6.76. The van der Waals surface area contributed by atoms with E-state index in [4.69, 9.17) is 0 Å². The van der Waals surface area contributed by atoms with Crippen LogP contribution in [0.2, 0.25) is 0 Å². The summed E-state index contributed by atoms with van der Waals surface area (Å²) < 4.78 is 0. The summed E-state index contributed by atoms with van der Waals surface area (Å²) in [6.07, 6.45) is 1.18. The van der Waals surface area contributed by atoms with E-state index >= 15 is 0 Å². The van der Waals surface area contributed by atoms with Gasteiger partial charge in [-0.25, -0.2) is 0 Å². The molecule has 0 saturated heterocycles. The van der Waals surface area contributed by atoms with E-state index in [-0.39, 0.29) is 0 Å². The number of hydrogen-bond acceptors (Lipinski definition) is 2. The number of benzene rings is 1. The Kier molecular flexibility index (Phi) is 2.50. The van der Waals surface area contributed by atoms with Crippen molar-refractivity contribution in [2.24, 2.45) is 0 Å². The van der Waals surface area contributed by atoms with Crippen LogP contribution in [-0.4, -0.2) is 13.1 Å². The molecule has 0 saturated carbocycles. The second-order valence-corrected chi connectivity index (χ2v) is 3.40. The molecule has 1 aliphatic heterocycles. The van der Waals surface area contributed by atoms with Gasteiger partial charge in [0.25, 0.3) is 0 Å². The molecular weight excluding hydrogens is 160 g/mol. The average molecular weight is 176 g/mol. The largest absolute Gasteiger partial charge is 0.384 e. The molecule has 0 aliphatic carbocycles. The lowest BCUT2D eigenvalue weighted by Gasteiger charge is -2.07. The Morgan fingerprint density at radius 3 is 3.23 bits per heavy atom. The van der Waals surface area contributed by atoms with Gasteiger partial charge in [0.05, 0.1) is 0 Å². The number of fused-ring (bicyclic) bond motifs is 1. The van der Waals surface area contributed by atoms with Gasteiger partial charge < -0.3 is 10.6 Å². The highest BCUT2D eigenvalue weighted by Crippen LogP contribution is 2.25. The molecular formula is C11H16N2. The van der Waals surface area contributed by atoms with Crippen LogP contribution < -0.4 is 10.6 Å². The molecule has 1 aliphatic rings. The Labute approximate surface area is 79.4 Å². The third-order valence-electron chi connectivity index (χ3n) is 2.53. The van der Waals surface area contributed by atoms with E-state index in [0.29, 0.717) is 0 Å². The molecule has 0 unspecified atom stereocenters. The first-order valence-electron chi connectivity index (χ1n) is 4.97. The lowest BCUT2D eigenvalue weighted by Crippen LogP contribution is -2.12. The lowest BCUT2D eigenvalue weighted by atomic mass is 10.1. The number of anilines is 1. The first-order chi connectivity index (χ1) is 6.42. The number of hydrogen-bond donors (Lipinski definition) is 2. The molecule has 0 bridgehead atoms. The van der Waals surface area contributed by atoms with Crippen molar-refractivity contribution in [3.05, 3.63) is 29.3 Å². The van der Waals surface area contributed by atoms with Crippen LogP contribution >= 0.6 is 0 Å². The minimum absolute atomic E-state index is 1.00. The molecule has 2 N–H and O–H groups in total. The molecule has 0 aromatic heterocycles. The first kappa shape index (κ1) is 8.57. The predicted octanol–water partition coefficient (Wildman–Crippen LogP) is 1.76. The van der Waals surface area contributed by atoms with E-state index < -0.39 is 0 Å². The quantitative estimate of drug-likeness (QED) is 0.733. The highest BCUT2D eigenvalue weighted by Gasteiger charge is 2.12. The van der Waals surface area contributed by atoms with E-state index in [1.54, 1.807) is 0 Å². The topological polar surface area (TPSA) is 24.1 Å². The molecule has 0 fully saturated rings. The number of rotatable bonds is 3. The molecule has 0 spiro atoms. The van der Waals surface area contributed by atoms with Crippen LogP contribution in [0.3, 0.4) is 0 Å². The van der Waals surface area contributed by atoms with Crippen molar-refractivity contribution >= 4 is 5.69 Å². The smallest absolute Gasteiger partial charge is 0.0376 e. The Bertz CT molecular complexity index is 294. The van der Waals surface area contributed by atoms with E-state index in [9.17, 15) is 0 Å². The molecule has 2 heteroatoms. The van der Waals surface area contributed by atoms with Crippen LogP contribution in [0.25, 0.3) is 0 Å². The van der Waals surface area contributed by atoms with Gasteiger partial charge in [0.1, 0.15) is 0 Å². The maximum atomic E-state index is 3.39. The minimum atomic E-state index is 1.00. The van der Waals surface area contributed by atoms with Crippen molar-refractivity contribution < 1.29 is 0 Å². The minimum Gasteiger partial charge on any atom is -0.384 e. The molecule has 1 aromatic carbocycles. The second kappa shape index (κ2) is 3.79. The summed E-state index contributed by atoms with van der Waals surface area (Å²) >= 11 is 0. The lowest BCUT2D eigenvalue weighted by molar-refractivity contribution is 0.722. The van der Waals surface area contributed by atoms with E-state index in [1.807, 2.05) is 0 Å². The molecule has 13 heavy (non-hydrogen) atoms. The summed E-state index contributed by atoms with van der Waals surface area (Å²) in [5.74, 6) is 0.